The van der Waals surface area contributed by atoms with Gasteiger partial charge in [0.25, 0.3) is 0 Å². The molecule has 4 nitrogen and oxygen atoms in total. The minimum absolute atomic E-state index is 0.00226. The lowest BCUT2D eigenvalue weighted by atomic mass is 9.94. The molecule has 2 rings (SSSR count). The standard InChI is InChI=1S/C18H24Cl2N2O2/c1-11(2)18(24)22-8-6-13(7-9-22)17(23)21-12(3)15-5-4-14(19)10-16(15)20/h4-5,10-13H,6-9H2,1-3H3,(H,21,23). The lowest BCUT2D eigenvalue weighted by Crippen LogP contribution is -2.44. The molecule has 0 radical (unpaired) electrons. The lowest BCUT2D eigenvalue weighted by Gasteiger charge is -2.33. The van der Waals surface area contributed by atoms with Gasteiger partial charge in [0.05, 0.1) is 6.04 Å². The summed E-state index contributed by atoms with van der Waals surface area (Å²) >= 11 is 12.1. The number of benzene rings is 1. The fourth-order valence-corrected chi connectivity index (χ4v) is 3.56. The second-order valence-corrected chi connectivity index (χ2v) is 7.49. The van der Waals surface area contributed by atoms with Crippen LogP contribution >= 0.6 is 23.2 Å². The Bertz CT molecular complexity index is 611. The van der Waals surface area contributed by atoms with Crippen LogP contribution in [-0.4, -0.2) is 29.8 Å². The van der Waals surface area contributed by atoms with Crippen LogP contribution in [0.3, 0.4) is 0 Å². The zero-order valence-electron chi connectivity index (χ0n) is 14.3. The molecule has 0 aliphatic carbocycles. The van der Waals surface area contributed by atoms with Gasteiger partial charge in [-0.3, -0.25) is 9.59 Å². The highest BCUT2D eigenvalue weighted by atomic mass is 35.5. The van der Waals surface area contributed by atoms with Gasteiger partial charge in [0.2, 0.25) is 11.8 Å². The highest BCUT2D eigenvalue weighted by Crippen LogP contribution is 2.27. The number of carbonyl (C=O) groups excluding carboxylic acids is 2. The van der Waals surface area contributed by atoms with E-state index in [9.17, 15) is 9.59 Å². The molecule has 24 heavy (non-hydrogen) atoms. The number of piperidine rings is 1. The largest absolute Gasteiger partial charge is 0.349 e. The predicted octanol–water partition coefficient (Wildman–Crippen LogP) is 4.07. The van der Waals surface area contributed by atoms with Crippen molar-refractivity contribution in [3.63, 3.8) is 0 Å². The first kappa shape index (κ1) is 19.1. The van der Waals surface area contributed by atoms with Crippen molar-refractivity contribution in [2.45, 2.75) is 39.7 Å². The van der Waals surface area contributed by atoms with E-state index in [-0.39, 0.29) is 29.7 Å². The van der Waals surface area contributed by atoms with Gasteiger partial charge in [-0.25, -0.2) is 0 Å². The van der Waals surface area contributed by atoms with Crippen molar-refractivity contribution in [1.82, 2.24) is 10.2 Å². The molecule has 132 valence electrons. The third kappa shape index (κ3) is 4.64. The van der Waals surface area contributed by atoms with Gasteiger partial charge in [-0.15, -0.1) is 0 Å². The average molecular weight is 371 g/mol. The Hall–Kier alpha value is -1.26. The van der Waals surface area contributed by atoms with E-state index >= 15 is 0 Å². The number of nitrogens with zero attached hydrogens (tertiary/aromatic N) is 1. The van der Waals surface area contributed by atoms with Crippen molar-refractivity contribution in [2.24, 2.45) is 11.8 Å². The summed E-state index contributed by atoms with van der Waals surface area (Å²) in [6, 6.07) is 5.09. The van der Waals surface area contributed by atoms with Crippen LogP contribution in [0.25, 0.3) is 0 Å². The number of halogens is 2. The van der Waals surface area contributed by atoms with Gasteiger partial charge < -0.3 is 10.2 Å². The normalized spacial score (nSPS) is 17.0. The van der Waals surface area contributed by atoms with E-state index in [1.54, 1.807) is 12.1 Å². The molecule has 0 aromatic heterocycles. The van der Waals surface area contributed by atoms with Crippen LogP contribution in [0.4, 0.5) is 0 Å². The van der Waals surface area contributed by atoms with E-state index in [0.717, 1.165) is 5.56 Å². The highest BCUT2D eigenvalue weighted by molar-refractivity contribution is 6.35. The first-order chi connectivity index (χ1) is 11.3. The van der Waals surface area contributed by atoms with Crippen molar-refractivity contribution in [2.75, 3.05) is 13.1 Å². The number of nitrogens with one attached hydrogen (secondary N) is 1. The topological polar surface area (TPSA) is 49.4 Å². The summed E-state index contributed by atoms with van der Waals surface area (Å²) in [6.07, 6.45) is 1.40. The maximum Gasteiger partial charge on any atom is 0.225 e. The Morgan fingerprint density at radius 2 is 1.79 bits per heavy atom. The van der Waals surface area contributed by atoms with Gasteiger partial charge in [0.15, 0.2) is 0 Å². The van der Waals surface area contributed by atoms with E-state index in [4.69, 9.17) is 23.2 Å². The molecule has 1 atom stereocenters. The van der Waals surface area contributed by atoms with E-state index in [1.165, 1.54) is 0 Å². The minimum atomic E-state index is -0.183. The van der Waals surface area contributed by atoms with Crippen molar-refractivity contribution in [3.05, 3.63) is 33.8 Å². The molecule has 1 unspecified atom stereocenters. The van der Waals surface area contributed by atoms with E-state index in [0.29, 0.717) is 36.0 Å². The van der Waals surface area contributed by atoms with Crippen LogP contribution in [0.2, 0.25) is 10.0 Å². The summed E-state index contributed by atoms with van der Waals surface area (Å²) in [5.41, 5.74) is 0.849. The number of amides is 2. The number of hydrogen-bond acceptors (Lipinski definition) is 2. The van der Waals surface area contributed by atoms with Crippen molar-refractivity contribution in [1.29, 1.82) is 0 Å². The second-order valence-electron chi connectivity index (χ2n) is 6.65. The number of rotatable bonds is 4. The fraction of sp³-hybridized carbons (Fsp3) is 0.556. The number of likely N-dealkylation sites (tertiary alicyclic amines) is 1. The van der Waals surface area contributed by atoms with E-state index < -0.39 is 0 Å². The van der Waals surface area contributed by atoms with Gasteiger partial charge >= 0.3 is 0 Å². The maximum absolute atomic E-state index is 12.5. The lowest BCUT2D eigenvalue weighted by molar-refractivity contribution is -0.138. The Balaban J connectivity index is 1.90. The summed E-state index contributed by atoms with van der Waals surface area (Å²) in [6.45, 7) is 7.00. The zero-order valence-corrected chi connectivity index (χ0v) is 15.8. The molecule has 1 fully saturated rings. The first-order valence-electron chi connectivity index (χ1n) is 8.33. The summed E-state index contributed by atoms with van der Waals surface area (Å²) in [5, 5.41) is 4.15. The summed E-state index contributed by atoms with van der Waals surface area (Å²) < 4.78 is 0. The molecule has 1 aromatic rings. The van der Waals surface area contributed by atoms with Crippen LogP contribution in [0.1, 0.15) is 45.2 Å². The SMILES string of the molecule is CC(C)C(=O)N1CCC(C(=O)NC(C)c2ccc(Cl)cc2Cl)CC1. The fourth-order valence-electron chi connectivity index (χ4n) is 2.99. The molecule has 0 spiro atoms. The predicted molar refractivity (Wildman–Crippen MR) is 97.2 cm³/mol. The van der Waals surface area contributed by atoms with Crippen LogP contribution in [0.5, 0.6) is 0 Å². The third-order valence-electron chi connectivity index (χ3n) is 4.46. The molecule has 0 bridgehead atoms. The monoisotopic (exact) mass is 370 g/mol. The molecule has 1 saturated heterocycles. The van der Waals surface area contributed by atoms with Crippen molar-refractivity contribution in [3.8, 4) is 0 Å². The Labute approximate surface area is 153 Å². The Morgan fingerprint density at radius 3 is 2.33 bits per heavy atom. The molecular formula is C18H24Cl2N2O2. The van der Waals surface area contributed by atoms with Crippen molar-refractivity contribution >= 4 is 35.0 Å². The average Bonchev–Trinajstić information content (AvgIpc) is 2.53. The molecule has 1 aliphatic rings. The van der Waals surface area contributed by atoms with Crippen LogP contribution < -0.4 is 5.32 Å². The minimum Gasteiger partial charge on any atom is -0.349 e. The number of carbonyl (C=O) groups is 2. The van der Waals surface area contributed by atoms with Gasteiger partial charge in [0, 0.05) is 35.0 Å². The Kier molecular flexibility index (Phi) is 6.53. The maximum atomic E-state index is 12.5. The summed E-state index contributed by atoms with van der Waals surface area (Å²) in [7, 11) is 0. The molecule has 1 heterocycles. The molecular weight excluding hydrogens is 347 g/mol. The highest BCUT2D eigenvalue weighted by Gasteiger charge is 2.29. The van der Waals surface area contributed by atoms with Crippen LogP contribution in [0, 0.1) is 11.8 Å². The smallest absolute Gasteiger partial charge is 0.225 e. The molecule has 1 aliphatic heterocycles. The van der Waals surface area contributed by atoms with Crippen molar-refractivity contribution < 1.29 is 9.59 Å². The molecule has 2 amide bonds. The Morgan fingerprint density at radius 1 is 1.17 bits per heavy atom. The molecule has 0 saturated carbocycles. The third-order valence-corrected chi connectivity index (χ3v) is 5.02. The molecule has 1 aromatic carbocycles. The van der Waals surface area contributed by atoms with Gasteiger partial charge in [0.1, 0.15) is 0 Å². The zero-order chi connectivity index (χ0) is 17.9. The van der Waals surface area contributed by atoms with Gasteiger partial charge in [-0.2, -0.15) is 0 Å². The molecule has 1 N–H and O–H groups in total. The summed E-state index contributed by atoms with van der Waals surface area (Å²) in [4.78, 5) is 26.3. The van der Waals surface area contributed by atoms with Gasteiger partial charge in [-0.05, 0) is 37.5 Å². The first-order valence-corrected chi connectivity index (χ1v) is 9.09. The number of hydrogen-bond donors (Lipinski definition) is 1. The van der Waals surface area contributed by atoms with E-state index in [2.05, 4.69) is 5.32 Å². The van der Waals surface area contributed by atoms with Gasteiger partial charge in [-0.1, -0.05) is 43.1 Å². The summed E-state index contributed by atoms with van der Waals surface area (Å²) in [5.74, 6) is 0.123. The quantitative estimate of drug-likeness (QED) is 0.868. The van der Waals surface area contributed by atoms with E-state index in [1.807, 2.05) is 31.7 Å². The molecule has 6 heteroatoms. The second kappa shape index (κ2) is 8.21. The van der Waals surface area contributed by atoms with Crippen LogP contribution in [0.15, 0.2) is 18.2 Å². The van der Waals surface area contributed by atoms with Crippen LogP contribution in [-0.2, 0) is 9.59 Å².